The zero-order chi connectivity index (χ0) is 100. The number of guanidine groups is 1. The van der Waals surface area contributed by atoms with Crippen LogP contribution in [-0.4, -0.2) is 245 Å². The Morgan fingerprint density at radius 2 is 1.16 bits per heavy atom. The number of phenolic OH excluding ortho intramolecular Hbond substituents is 1. The molecule has 6 aromatic carbocycles. The first kappa shape index (κ1) is 105. The van der Waals surface area contributed by atoms with Crippen LogP contribution in [0.5, 0.6) is 5.75 Å². The molecule has 3 aliphatic carbocycles. The van der Waals surface area contributed by atoms with Gasteiger partial charge in [0, 0.05) is 123 Å². The molecule has 138 heavy (non-hydrogen) atoms. The molecule has 3 unspecified atom stereocenters. The van der Waals surface area contributed by atoms with Crippen molar-refractivity contribution in [1.82, 2.24) is 47.5 Å². The highest BCUT2D eigenvalue weighted by Gasteiger charge is 2.75. The van der Waals surface area contributed by atoms with Gasteiger partial charge in [-0.3, -0.25) is 62.9 Å². The van der Waals surface area contributed by atoms with Crippen LogP contribution in [0.1, 0.15) is 150 Å². The number of rotatable bonds is 43. The highest BCUT2D eigenvalue weighted by atomic mass is 32.1. The molecule has 2 heterocycles. The molecule has 2 bridgehead atoms. The normalized spacial score (nSPS) is 22.6. The van der Waals surface area contributed by atoms with E-state index in [1.165, 1.54) is 62.4 Å². The van der Waals surface area contributed by atoms with Crippen molar-refractivity contribution >= 4 is 125 Å². The van der Waals surface area contributed by atoms with Gasteiger partial charge in [0.05, 0.1) is 35.9 Å². The van der Waals surface area contributed by atoms with Gasteiger partial charge in [-0.05, 0) is 104 Å². The van der Waals surface area contributed by atoms with Crippen molar-refractivity contribution in [3.63, 3.8) is 0 Å². The number of aromatic amines is 1. The number of nitrogens with one attached hydrogen (secondary N) is 10. The number of aromatic hydroxyl groups is 1. The molecule has 7 aromatic rings. The molecule has 40 heteroatoms. The van der Waals surface area contributed by atoms with Crippen LogP contribution in [0.4, 0.5) is 0 Å². The fraction of sp³-hybridized carbons (Fsp3) is 0.439. The van der Waals surface area contributed by atoms with Crippen molar-refractivity contribution in [2.75, 3.05) is 24.7 Å². The SMILES string of the molecule is CC(=O)O[C@H]1C(=O)[C@@]2(C)C(C(OC(O)c3ccccc3)C[C@]3(O)C[C@H](OC(=O)[C@H](OC(=O)CCCC(=O)O[C@@H](Cc4ccccc4)C(=O)N[C@@H](CS)C(=O)N[C@@H](Cc4ccc(O)cc4)C(=O)N[C@@H](Cc4c[nH]c5ccccc45)C(=O)N[C@@H](CCCNC(=N)N)C(=O)N[C@@H](CS)C(=O)N[C@H](C(=O)O)[C@@H](C)O)[C@H](NC(=O)c4ccccc4)c4ccccc4)C(C)=C1C3(C)C)[C@]1(OC(C)=O)CO[C@@H]1C[C@@H]2O. The number of fused-ring (bicyclic) bond motifs is 6. The van der Waals surface area contributed by atoms with Crippen molar-refractivity contribution in [2.24, 2.45) is 22.5 Å². The Balaban J connectivity index is 0.848. The summed E-state index contributed by atoms with van der Waals surface area (Å²) in [6, 6.07) is 33.0. The second kappa shape index (κ2) is 46.8. The van der Waals surface area contributed by atoms with Gasteiger partial charge in [0.1, 0.15) is 54.2 Å². The van der Waals surface area contributed by atoms with Crippen molar-refractivity contribution in [1.29, 1.82) is 5.41 Å². The third-order valence-corrected chi connectivity index (χ3v) is 26.5. The minimum Gasteiger partial charge on any atom is -0.508 e. The van der Waals surface area contributed by atoms with E-state index in [2.05, 4.69) is 72.8 Å². The van der Waals surface area contributed by atoms with Crippen LogP contribution in [0.25, 0.3) is 10.9 Å². The molecule has 11 rings (SSSR count). The van der Waals surface area contributed by atoms with Gasteiger partial charge in [-0.15, -0.1) is 0 Å². The molecule has 2 saturated carbocycles. The number of amides is 7. The Kier molecular flexibility index (Phi) is 35.8. The van der Waals surface area contributed by atoms with Gasteiger partial charge in [0.2, 0.25) is 35.6 Å². The molecule has 7 amide bonds. The van der Waals surface area contributed by atoms with Gasteiger partial charge in [0.25, 0.3) is 11.8 Å². The number of H-pyrrole nitrogens is 1. The minimum atomic E-state index is -2.30. The van der Waals surface area contributed by atoms with Gasteiger partial charge >= 0.3 is 35.8 Å². The van der Waals surface area contributed by atoms with Crippen molar-refractivity contribution in [3.8, 4) is 5.75 Å². The van der Waals surface area contributed by atoms with Gasteiger partial charge in [-0.2, -0.15) is 25.3 Å². The third-order valence-electron chi connectivity index (χ3n) is 25.7. The Bertz CT molecular complexity index is 5610. The third kappa shape index (κ3) is 25.5. The molecule has 0 radical (unpaired) electrons. The standard InChI is InChI=1S/C98H117N11O27S2/c1-52-71(46-97(129)47-72(134-92(127)60-30-18-11-19-31-60)82-96(7,73(114)45-74-98(82,51-130-74)136-55(4)112)83(117)80(131-54(3)111)77(52)95(97,5)6)133-93(128)81(79(58-26-14-9-15-27-58)109-84(118)59-28-16-10-17-29-59)135-76(116)36-22-35-75(115)132-70(43-56-24-12-8-13-25-56)90(124)107-68(49-137)88(122)104-66(42-57-37-39-62(113)40-38-57)86(120)105-67(44-61-48-102-64-33-21-20-32-63(61)64)87(121)103-65(34-23-41-101-94(99)100)85(119)106-69(50-138)89(123)108-78(53(2)110)91(125)126/h8-21,24-33,37-40,48,53,65-74,78-82,92,102,110,113-114,127,129,137-138H,22-23,34-36,41-47,49-51H2,1-7H3,(H,103,121)(H,104,122)(H,105,120)(H,106,119)(H,107,124)(H,108,123)(H,109,118)(H,125,126)(H4,99,100,101)/t53-,65+,66+,67+,68+,69+,70+,71+,72?,73+,74-,78+,79-,80-,81-,82?,92?,96-,97-,98+/m1/s1. The van der Waals surface area contributed by atoms with E-state index in [9.17, 15) is 78.6 Å². The number of nitrogens with two attached hydrogens (primary N) is 1. The van der Waals surface area contributed by atoms with E-state index in [0.717, 1.165) is 20.8 Å². The predicted octanol–water partition coefficient (Wildman–Crippen LogP) is 4.02. The number of carboxylic acids is 1. The van der Waals surface area contributed by atoms with E-state index in [-0.39, 0.29) is 85.3 Å². The molecule has 20 atom stereocenters. The average Bonchev–Trinajstić information content (AvgIpc) is 1.30. The first-order valence-corrected chi connectivity index (χ1v) is 46.3. The topological polar surface area (TPSA) is 587 Å². The highest BCUT2D eigenvalue weighted by Crippen LogP contribution is 2.63. The summed E-state index contributed by atoms with van der Waals surface area (Å²) in [6.07, 6.45) is -18.1. The molecule has 1 saturated heterocycles. The number of aliphatic hydroxyl groups is 4. The van der Waals surface area contributed by atoms with Crippen LogP contribution >= 0.6 is 25.3 Å². The summed E-state index contributed by atoms with van der Waals surface area (Å²) < 4.78 is 43.6. The van der Waals surface area contributed by atoms with Crippen LogP contribution in [0.3, 0.4) is 0 Å². The van der Waals surface area contributed by atoms with E-state index in [1.807, 2.05) is 0 Å². The fourth-order valence-corrected chi connectivity index (χ4v) is 18.9. The number of carboxylic acid groups (broad SMARTS) is 1. The van der Waals surface area contributed by atoms with Crippen molar-refractivity contribution in [3.05, 3.63) is 221 Å². The molecular weight excluding hydrogens is 1830 g/mol. The first-order chi connectivity index (χ1) is 65.6. The molecule has 1 aromatic heterocycles. The monoisotopic (exact) mass is 1940 g/mol. The smallest absolute Gasteiger partial charge is 0.350 e. The Morgan fingerprint density at radius 3 is 1.74 bits per heavy atom. The van der Waals surface area contributed by atoms with Crippen molar-refractivity contribution in [2.45, 2.75) is 228 Å². The van der Waals surface area contributed by atoms with E-state index in [0.29, 0.717) is 27.6 Å². The lowest BCUT2D eigenvalue weighted by atomic mass is 9.52. The van der Waals surface area contributed by atoms with E-state index >= 15 is 19.2 Å². The Morgan fingerprint density at radius 1 is 0.623 bits per heavy atom. The maximum atomic E-state index is 16.3. The van der Waals surface area contributed by atoms with E-state index < -0.39 is 258 Å². The number of hydrogen-bond acceptors (Lipinski definition) is 29. The van der Waals surface area contributed by atoms with E-state index in [4.69, 9.17) is 44.3 Å². The predicted molar refractivity (Wildman–Crippen MR) is 502 cm³/mol. The van der Waals surface area contributed by atoms with Gasteiger partial charge in [0.15, 0.2) is 41.9 Å². The van der Waals surface area contributed by atoms with Gasteiger partial charge < -0.3 is 117 Å². The second-order valence-corrected chi connectivity index (χ2v) is 36.3. The number of aliphatic hydroxyl groups excluding tert-OH is 3. The summed E-state index contributed by atoms with van der Waals surface area (Å²) in [7, 11) is 0. The zero-order valence-corrected chi connectivity index (χ0v) is 78.7. The summed E-state index contributed by atoms with van der Waals surface area (Å²) in [5, 5.41) is 97.8. The molecule has 38 nitrogen and oxygen atoms in total. The molecule has 738 valence electrons. The van der Waals surface area contributed by atoms with E-state index in [1.54, 1.807) is 141 Å². The summed E-state index contributed by atoms with van der Waals surface area (Å²) in [5.74, 6) is -17.8. The largest absolute Gasteiger partial charge is 0.508 e. The summed E-state index contributed by atoms with van der Waals surface area (Å²) in [5.41, 5.74) is -0.0515. The fourth-order valence-electron chi connectivity index (χ4n) is 18.4. The van der Waals surface area contributed by atoms with Crippen LogP contribution in [0.15, 0.2) is 187 Å². The van der Waals surface area contributed by atoms with Crippen molar-refractivity contribution < 1.29 is 131 Å². The molecule has 1 aliphatic heterocycles. The Hall–Kier alpha value is -13.1. The first-order valence-electron chi connectivity index (χ1n) is 45.0. The number of aromatic nitrogens is 1. The lowest BCUT2D eigenvalue weighted by Gasteiger charge is -2.63. The number of ether oxygens (including phenoxy) is 7. The van der Waals surface area contributed by atoms with Gasteiger partial charge in [-0.1, -0.05) is 153 Å². The van der Waals surface area contributed by atoms with Crippen LogP contribution < -0.4 is 48.3 Å². The number of aliphatic carboxylic acids is 1. The number of benzene rings is 6. The highest BCUT2D eigenvalue weighted by molar-refractivity contribution is 7.80. The number of hydrogen-bond donors (Lipinski definition) is 19. The lowest BCUT2D eigenvalue weighted by Crippen LogP contribution is -2.77. The maximum Gasteiger partial charge on any atom is 0.350 e. The molecular formula is C98H117N11O27S2. The number of carbonyl (C=O) groups is 14. The Labute approximate surface area is 805 Å². The summed E-state index contributed by atoms with van der Waals surface area (Å²) in [6.45, 7) is 8.95. The quantitative estimate of drug-likeness (QED) is 0.00375. The number of esters is 5. The number of thiol groups is 2. The summed E-state index contributed by atoms with van der Waals surface area (Å²) >= 11 is 8.64. The number of phenols is 1. The van der Waals surface area contributed by atoms with Crippen LogP contribution in [0, 0.1) is 22.2 Å². The lowest BCUT2D eigenvalue weighted by molar-refractivity contribution is -0.342. The molecule has 4 aliphatic rings. The van der Waals surface area contributed by atoms with Crippen LogP contribution in [0.2, 0.25) is 0 Å². The molecule has 18 N–H and O–H groups in total. The number of carbonyl (C=O) groups excluding carboxylic acids is 13. The van der Waals surface area contributed by atoms with Gasteiger partial charge in [-0.25, -0.2) is 9.59 Å². The number of para-hydroxylation sites is 1. The van der Waals surface area contributed by atoms with Crippen LogP contribution in [-0.2, 0) is 115 Å². The zero-order valence-electron chi connectivity index (χ0n) is 76.9. The second-order valence-electron chi connectivity index (χ2n) is 35.6. The molecule has 0 spiro atoms. The number of Topliss-reactive ketones (excluding diaryl/α,β-unsaturated/α-hetero) is 1. The molecule has 3 fully saturated rings. The average molecular weight is 1950 g/mol. The summed E-state index contributed by atoms with van der Waals surface area (Å²) in [4.78, 5) is 206. The minimum absolute atomic E-state index is 0.00509. The maximum absolute atomic E-state index is 16.3. The number of ketones is 1.